The minimum atomic E-state index is -0.301. The predicted molar refractivity (Wildman–Crippen MR) is 78.9 cm³/mol. The lowest BCUT2D eigenvalue weighted by Crippen LogP contribution is -2.46. The van der Waals surface area contributed by atoms with Crippen LogP contribution in [-0.4, -0.2) is 42.5 Å². The van der Waals surface area contributed by atoms with E-state index < -0.39 is 0 Å². The molecule has 2 N–H and O–H groups in total. The Morgan fingerprint density at radius 1 is 1.45 bits per heavy atom. The van der Waals surface area contributed by atoms with Gasteiger partial charge < -0.3 is 10.1 Å². The van der Waals surface area contributed by atoms with Gasteiger partial charge in [0.2, 0.25) is 0 Å². The summed E-state index contributed by atoms with van der Waals surface area (Å²) in [5.74, 6) is -0.463. The molecule has 7 heteroatoms. The Morgan fingerprint density at radius 2 is 2.23 bits per heavy atom. The van der Waals surface area contributed by atoms with Crippen LogP contribution in [0.2, 0.25) is 0 Å². The first-order valence-corrected chi connectivity index (χ1v) is 7.05. The zero-order valence-corrected chi connectivity index (χ0v) is 12.2. The first-order valence-electron chi connectivity index (χ1n) is 7.05. The van der Waals surface area contributed by atoms with E-state index in [2.05, 4.69) is 15.7 Å². The van der Waals surface area contributed by atoms with Gasteiger partial charge in [0.15, 0.2) is 0 Å². The predicted octanol–water partition coefficient (Wildman–Crippen LogP) is 1.17. The zero-order chi connectivity index (χ0) is 15.5. The average molecular weight is 304 g/mol. The number of aromatic nitrogens is 2. The van der Waals surface area contributed by atoms with Crippen molar-refractivity contribution in [2.24, 2.45) is 0 Å². The van der Waals surface area contributed by atoms with E-state index in [1.54, 1.807) is 30.0 Å². The van der Waals surface area contributed by atoms with Gasteiger partial charge in [-0.1, -0.05) is 0 Å². The first kappa shape index (κ1) is 14.7. The highest BCUT2D eigenvalue weighted by molar-refractivity contribution is 5.94. The van der Waals surface area contributed by atoms with E-state index >= 15 is 0 Å². The zero-order valence-electron chi connectivity index (χ0n) is 12.2. The number of nitrogens with one attached hydrogen (secondary N) is 2. The van der Waals surface area contributed by atoms with Crippen molar-refractivity contribution in [2.45, 2.75) is 6.17 Å². The van der Waals surface area contributed by atoms with Crippen molar-refractivity contribution in [2.75, 3.05) is 26.8 Å². The van der Waals surface area contributed by atoms with Crippen LogP contribution in [-0.2, 0) is 4.74 Å². The Morgan fingerprint density at radius 3 is 2.95 bits per heavy atom. The quantitative estimate of drug-likeness (QED) is 0.814. The standard InChI is InChI=1S/C15H17FN4O2/c1-22-7-6-17-14-9-18-15(21)13-8-12(19-20(13)14)10-2-4-11(16)5-3-10/h2-5,8,14,17H,6-7,9H2,1H3,(H,18,21)/t14-/m0/s1. The number of fused-ring (bicyclic) bond motifs is 1. The largest absolute Gasteiger partial charge is 0.383 e. The van der Waals surface area contributed by atoms with Crippen LogP contribution in [0.25, 0.3) is 11.3 Å². The fraction of sp³-hybridized carbons (Fsp3) is 0.333. The van der Waals surface area contributed by atoms with Gasteiger partial charge in [0, 0.05) is 19.2 Å². The smallest absolute Gasteiger partial charge is 0.269 e. The molecule has 1 amide bonds. The molecule has 0 saturated heterocycles. The molecule has 0 saturated carbocycles. The van der Waals surface area contributed by atoms with Crippen LogP contribution in [0, 0.1) is 5.82 Å². The number of hydrogen-bond donors (Lipinski definition) is 2. The van der Waals surface area contributed by atoms with E-state index in [0.29, 0.717) is 31.1 Å². The van der Waals surface area contributed by atoms with E-state index in [4.69, 9.17) is 4.74 Å². The molecule has 0 bridgehead atoms. The molecule has 1 aliphatic heterocycles. The van der Waals surface area contributed by atoms with Gasteiger partial charge in [-0.25, -0.2) is 9.07 Å². The van der Waals surface area contributed by atoms with Crippen molar-refractivity contribution in [3.63, 3.8) is 0 Å². The van der Waals surface area contributed by atoms with Gasteiger partial charge in [-0.3, -0.25) is 10.1 Å². The molecule has 22 heavy (non-hydrogen) atoms. The number of ether oxygens (including phenoxy) is 1. The van der Waals surface area contributed by atoms with E-state index in [1.807, 2.05) is 0 Å². The summed E-state index contributed by atoms with van der Waals surface area (Å²) in [7, 11) is 1.64. The maximum Gasteiger partial charge on any atom is 0.269 e. The minimum Gasteiger partial charge on any atom is -0.383 e. The number of amides is 1. The maximum atomic E-state index is 13.0. The average Bonchev–Trinajstić information content (AvgIpc) is 2.97. The number of benzene rings is 1. The fourth-order valence-corrected chi connectivity index (χ4v) is 2.42. The summed E-state index contributed by atoms with van der Waals surface area (Å²) < 4.78 is 19.7. The summed E-state index contributed by atoms with van der Waals surface area (Å²) in [6, 6.07) is 7.76. The number of methoxy groups -OCH3 is 1. The van der Waals surface area contributed by atoms with Crippen LogP contribution in [0.1, 0.15) is 16.7 Å². The molecule has 0 radical (unpaired) electrons. The second-order valence-corrected chi connectivity index (χ2v) is 5.04. The Balaban J connectivity index is 1.88. The van der Waals surface area contributed by atoms with Gasteiger partial charge in [0.25, 0.3) is 5.91 Å². The van der Waals surface area contributed by atoms with Crippen molar-refractivity contribution in [3.8, 4) is 11.3 Å². The van der Waals surface area contributed by atoms with Gasteiger partial charge in [0.1, 0.15) is 17.7 Å². The second-order valence-electron chi connectivity index (χ2n) is 5.04. The monoisotopic (exact) mass is 304 g/mol. The minimum absolute atomic E-state index is 0.128. The van der Waals surface area contributed by atoms with Crippen molar-refractivity contribution in [1.82, 2.24) is 20.4 Å². The van der Waals surface area contributed by atoms with Gasteiger partial charge >= 0.3 is 0 Å². The Labute approximate surface area is 127 Å². The molecule has 6 nitrogen and oxygen atoms in total. The number of carbonyl (C=O) groups excluding carboxylic acids is 1. The number of nitrogens with zero attached hydrogens (tertiary/aromatic N) is 2. The van der Waals surface area contributed by atoms with Crippen LogP contribution in [0.15, 0.2) is 30.3 Å². The number of halogens is 1. The lowest BCUT2D eigenvalue weighted by molar-refractivity contribution is 0.0897. The molecule has 2 aromatic rings. The Hall–Kier alpha value is -2.25. The molecule has 2 heterocycles. The first-order chi connectivity index (χ1) is 10.7. The van der Waals surface area contributed by atoms with Gasteiger partial charge in [-0.05, 0) is 30.3 Å². The summed E-state index contributed by atoms with van der Waals surface area (Å²) >= 11 is 0. The highest BCUT2D eigenvalue weighted by atomic mass is 19.1. The Bertz CT molecular complexity index is 669. The van der Waals surface area contributed by atoms with Crippen molar-refractivity contribution in [3.05, 3.63) is 41.8 Å². The van der Waals surface area contributed by atoms with E-state index in [9.17, 15) is 9.18 Å². The molecule has 1 aromatic heterocycles. The van der Waals surface area contributed by atoms with Crippen LogP contribution in [0.4, 0.5) is 4.39 Å². The number of hydrogen-bond acceptors (Lipinski definition) is 4. The summed E-state index contributed by atoms with van der Waals surface area (Å²) in [6.07, 6.45) is -0.128. The van der Waals surface area contributed by atoms with Crippen molar-refractivity contribution < 1.29 is 13.9 Å². The van der Waals surface area contributed by atoms with E-state index in [1.165, 1.54) is 12.1 Å². The molecule has 0 fully saturated rings. The highest BCUT2D eigenvalue weighted by Crippen LogP contribution is 2.23. The molecule has 0 aliphatic carbocycles. The van der Waals surface area contributed by atoms with Crippen LogP contribution in [0.5, 0.6) is 0 Å². The number of rotatable bonds is 5. The van der Waals surface area contributed by atoms with Crippen LogP contribution >= 0.6 is 0 Å². The molecular formula is C15H17FN4O2. The molecule has 116 valence electrons. The molecule has 0 spiro atoms. The second kappa shape index (κ2) is 6.25. The summed E-state index contributed by atoms with van der Waals surface area (Å²) in [5, 5.41) is 10.6. The lowest BCUT2D eigenvalue weighted by Gasteiger charge is -2.25. The van der Waals surface area contributed by atoms with E-state index in [0.717, 1.165) is 5.56 Å². The third-order valence-corrected chi connectivity index (χ3v) is 3.55. The summed E-state index contributed by atoms with van der Waals surface area (Å²) in [6.45, 7) is 1.69. The topological polar surface area (TPSA) is 68.2 Å². The maximum absolute atomic E-state index is 13.0. The fourth-order valence-electron chi connectivity index (χ4n) is 2.42. The van der Waals surface area contributed by atoms with Crippen LogP contribution in [0.3, 0.4) is 0 Å². The summed E-state index contributed by atoms with van der Waals surface area (Å²) in [4.78, 5) is 12.0. The van der Waals surface area contributed by atoms with Gasteiger partial charge in [0.05, 0.1) is 18.8 Å². The SMILES string of the molecule is COCCN[C@@H]1CNC(=O)c2cc(-c3ccc(F)cc3)nn21. The molecule has 1 atom stereocenters. The van der Waals surface area contributed by atoms with Crippen LogP contribution < -0.4 is 10.6 Å². The molecular weight excluding hydrogens is 287 g/mol. The molecule has 0 unspecified atom stereocenters. The van der Waals surface area contributed by atoms with Crippen molar-refractivity contribution in [1.29, 1.82) is 0 Å². The normalized spacial score (nSPS) is 17.2. The third kappa shape index (κ3) is 2.86. The molecule has 1 aromatic carbocycles. The molecule has 3 rings (SSSR count). The highest BCUT2D eigenvalue weighted by Gasteiger charge is 2.26. The number of carbonyl (C=O) groups is 1. The van der Waals surface area contributed by atoms with Gasteiger partial charge in [-0.15, -0.1) is 0 Å². The van der Waals surface area contributed by atoms with Gasteiger partial charge in [-0.2, -0.15) is 5.10 Å². The summed E-state index contributed by atoms with van der Waals surface area (Å²) in [5.41, 5.74) is 1.90. The third-order valence-electron chi connectivity index (χ3n) is 3.55. The molecule has 1 aliphatic rings. The van der Waals surface area contributed by atoms with Crippen molar-refractivity contribution >= 4 is 5.91 Å². The van der Waals surface area contributed by atoms with E-state index in [-0.39, 0.29) is 17.9 Å². The lowest BCUT2D eigenvalue weighted by atomic mass is 10.1. The Kier molecular flexibility index (Phi) is 4.17.